The summed E-state index contributed by atoms with van der Waals surface area (Å²) in [6, 6.07) is 14.7. The van der Waals surface area contributed by atoms with Crippen LogP contribution in [0.2, 0.25) is 0 Å². The van der Waals surface area contributed by atoms with Gasteiger partial charge in [-0.15, -0.1) is 23.1 Å². The van der Waals surface area contributed by atoms with E-state index < -0.39 is 0 Å². The normalized spacial score (nSPS) is 13.5. The molecule has 2 N–H and O–H groups in total. The van der Waals surface area contributed by atoms with E-state index >= 15 is 0 Å². The molecule has 29 heavy (non-hydrogen) atoms. The highest BCUT2D eigenvalue weighted by atomic mass is 32.2. The highest BCUT2D eigenvalue weighted by Crippen LogP contribution is 2.26. The molecule has 0 saturated carbocycles. The van der Waals surface area contributed by atoms with Crippen LogP contribution >= 0.6 is 23.1 Å². The van der Waals surface area contributed by atoms with Crippen molar-refractivity contribution in [2.45, 2.75) is 17.9 Å². The summed E-state index contributed by atoms with van der Waals surface area (Å²) in [7, 11) is 2.07. The van der Waals surface area contributed by atoms with Gasteiger partial charge in [0, 0.05) is 37.0 Å². The summed E-state index contributed by atoms with van der Waals surface area (Å²) in [5, 5.41) is 9.36. The summed E-state index contributed by atoms with van der Waals surface area (Å²) in [5.74, 6) is 1.73. The number of hydrogen-bond acceptors (Lipinski definition) is 8. The predicted molar refractivity (Wildman–Crippen MR) is 124 cm³/mol. The molecule has 1 aliphatic rings. The SMILES string of the molecule is CSc1cccc(CN(C)c2cccc(-c3csc(NC4=NCCCN4)n3)n2)c1. The fourth-order valence-electron chi connectivity index (χ4n) is 3.07. The van der Waals surface area contributed by atoms with Crippen LogP contribution in [0.25, 0.3) is 11.4 Å². The zero-order valence-corrected chi connectivity index (χ0v) is 18.2. The third-order valence-electron chi connectivity index (χ3n) is 4.57. The van der Waals surface area contributed by atoms with E-state index in [9.17, 15) is 0 Å². The van der Waals surface area contributed by atoms with Crippen LogP contribution < -0.4 is 15.5 Å². The number of nitrogens with one attached hydrogen (secondary N) is 2. The molecule has 0 aliphatic carbocycles. The van der Waals surface area contributed by atoms with Crippen LogP contribution in [0.4, 0.5) is 10.9 Å². The fourth-order valence-corrected chi connectivity index (χ4v) is 4.26. The van der Waals surface area contributed by atoms with Gasteiger partial charge in [0.2, 0.25) is 0 Å². The number of anilines is 2. The Bertz CT molecular complexity index is 1000. The van der Waals surface area contributed by atoms with Crippen LogP contribution in [0, 0.1) is 0 Å². The maximum absolute atomic E-state index is 4.83. The second-order valence-electron chi connectivity index (χ2n) is 6.76. The van der Waals surface area contributed by atoms with Crippen LogP contribution in [0.15, 0.2) is 57.7 Å². The van der Waals surface area contributed by atoms with Gasteiger partial charge in [0.05, 0.1) is 5.69 Å². The average Bonchev–Trinajstić information content (AvgIpc) is 3.23. The summed E-state index contributed by atoms with van der Waals surface area (Å²) in [4.78, 5) is 17.4. The molecule has 2 aromatic heterocycles. The van der Waals surface area contributed by atoms with Crippen molar-refractivity contribution in [3.8, 4) is 11.4 Å². The van der Waals surface area contributed by atoms with Crippen molar-refractivity contribution in [2.75, 3.05) is 36.6 Å². The maximum Gasteiger partial charge on any atom is 0.197 e. The van der Waals surface area contributed by atoms with Gasteiger partial charge in [0.1, 0.15) is 11.5 Å². The third kappa shape index (κ3) is 5.07. The number of hydrogen-bond donors (Lipinski definition) is 2. The van der Waals surface area contributed by atoms with E-state index in [4.69, 9.17) is 4.98 Å². The number of pyridine rings is 1. The van der Waals surface area contributed by atoms with E-state index in [1.54, 1.807) is 23.1 Å². The molecule has 1 aliphatic heterocycles. The summed E-state index contributed by atoms with van der Waals surface area (Å²) in [6.07, 6.45) is 3.17. The molecule has 1 aromatic carbocycles. The zero-order valence-electron chi connectivity index (χ0n) is 16.6. The first kappa shape index (κ1) is 19.7. The van der Waals surface area contributed by atoms with Crippen LogP contribution in [0.1, 0.15) is 12.0 Å². The molecule has 3 aromatic rings. The van der Waals surface area contributed by atoms with Gasteiger partial charge < -0.3 is 15.5 Å². The number of guanidine groups is 1. The molecule has 0 saturated heterocycles. The number of thioether (sulfide) groups is 1. The first-order valence-electron chi connectivity index (χ1n) is 9.53. The van der Waals surface area contributed by atoms with Crippen molar-refractivity contribution in [3.63, 3.8) is 0 Å². The van der Waals surface area contributed by atoms with Gasteiger partial charge in [0.15, 0.2) is 11.1 Å². The van der Waals surface area contributed by atoms with Crippen LogP contribution in [-0.4, -0.2) is 42.3 Å². The average molecular weight is 425 g/mol. The number of nitrogens with zero attached hydrogens (tertiary/aromatic N) is 4. The highest BCUT2D eigenvalue weighted by Gasteiger charge is 2.11. The Morgan fingerprint density at radius 1 is 1.17 bits per heavy atom. The smallest absolute Gasteiger partial charge is 0.197 e. The van der Waals surface area contributed by atoms with E-state index in [1.165, 1.54) is 10.5 Å². The van der Waals surface area contributed by atoms with Gasteiger partial charge in [-0.25, -0.2) is 9.97 Å². The molecule has 6 nitrogen and oxygen atoms in total. The van der Waals surface area contributed by atoms with Gasteiger partial charge >= 0.3 is 0 Å². The number of rotatable bonds is 6. The van der Waals surface area contributed by atoms with Gasteiger partial charge in [0.25, 0.3) is 0 Å². The number of aromatic nitrogens is 2. The van der Waals surface area contributed by atoms with Crippen molar-refractivity contribution in [2.24, 2.45) is 4.99 Å². The molecule has 0 fully saturated rings. The highest BCUT2D eigenvalue weighted by molar-refractivity contribution is 7.98. The van der Waals surface area contributed by atoms with Gasteiger partial charge in [-0.3, -0.25) is 4.99 Å². The van der Waals surface area contributed by atoms with Crippen molar-refractivity contribution in [1.29, 1.82) is 0 Å². The number of thiazole rings is 1. The summed E-state index contributed by atoms with van der Waals surface area (Å²) in [5.41, 5.74) is 3.01. The summed E-state index contributed by atoms with van der Waals surface area (Å²) >= 11 is 3.32. The first-order chi connectivity index (χ1) is 14.2. The minimum absolute atomic E-state index is 0.797. The second kappa shape index (κ2) is 9.28. The van der Waals surface area contributed by atoms with Crippen LogP contribution in [-0.2, 0) is 6.54 Å². The molecule has 0 atom stereocenters. The molecule has 8 heteroatoms. The number of aliphatic imine (C=N–C) groups is 1. The topological polar surface area (TPSA) is 65.4 Å². The molecule has 4 rings (SSSR count). The van der Waals surface area contributed by atoms with Crippen LogP contribution in [0.3, 0.4) is 0 Å². The van der Waals surface area contributed by atoms with Gasteiger partial charge in [-0.05, 0) is 42.5 Å². The minimum Gasteiger partial charge on any atom is -0.356 e. The molecule has 0 spiro atoms. The Morgan fingerprint density at radius 3 is 2.90 bits per heavy atom. The quantitative estimate of drug-likeness (QED) is 0.575. The fraction of sp³-hybridized carbons (Fsp3) is 0.286. The van der Waals surface area contributed by atoms with Crippen molar-refractivity contribution in [1.82, 2.24) is 15.3 Å². The van der Waals surface area contributed by atoms with E-state index in [2.05, 4.69) is 63.1 Å². The van der Waals surface area contributed by atoms with E-state index in [0.717, 1.165) is 54.4 Å². The molecule has 0 amide bonds. The first-order valence-corrected chi connectivity index (χ1v) is 11.6. The molecular weight excluding hydrogens is 400 g/mol. The Balaban J connectivity index is 1.47. The molecular formula is C21H24N6S2. The summed E-state index contributed by atoms with van der Waals surface area (Å²) in [6.45, 7) is 2.60. The molecule has 150 valence electrons. The Labute approximate surface area is 179 Å². The Kier molecular flexibility index (Phi) is 6.31. The van der Waals surface area contributed by atoms with E-state index in [0.29, 0.717) is 0 Å². The minimum atomic E-state index is 0.797. The number of benzene rings is 1. The van der Waals surface area contributed by atoms with Crippen molar-refractivity contribution < 1.29 is 0 Å². The lowest BCUT2D eigenvalue weighted by Crippen LogP contribution is -2.35. The zero-order chi connectivity index (χ0) is 20.1. The second-order valence-corrected chi connectivity index (χ2v) is 8.50. The summed E-state index contributed by atoms with van der Waals surface area (Å²) < 4.78 is 0. The largest absolute Gasteiger partial charge is 0.356 e. The van der Waals surface area contributed by atoms with Crippen LogP contribution in [0.5, 0.6) is 0 Å². The van der Waals surface area contributed by atoms with E-state index in [-0.39, 0.29) is 0 Å². The predicted octanol–water partition coefficient (Wildman–Crippen LogP) is 4.32. The lowest BCUT2D eigenvalue weighted by molar-refractivity contribution is 0.740. The standard InChI is InChI=1S/C21H24N6S2/c1-27(13-15-6-3-7-16(12-15)28-2)19-9-4-8-17(24-19)18-14-29-21(25-18)26-20-22-10-5-11-23-20/h3-4,6-9,12,14H,5,10-11,13H2,1-2H3,(H2,22,23,25,26). The molecule has 0 radical (unpaired) electrons. The third-order valence-corrected chi connectivity index (χ3v) is 6.05. The Hall–Kier alpha value is -2.58. The van der Waals surface area contributed by atoms with E-state index in [1.807, 2.05) is 23.6 Å². The maximum atomic E-state index is 4.83. The van der Waals surface area contributed by atoms with Gasteiger partial charge in [-0.2, -0.15) is 0 Å². The molecule has 3 heterocycles. The van der Waals surface area contributed by atoms with Crippen molar-refractivity contribution in [3.05, 3.63) is 53.4 Å². The Morgan fingerprint density at radius 2 is 2.07 bits per heavy atom. The molecule has 0 bridgehead atoms. The molecule has 0 unspecified atom stereocenters. The monoisotopic (exact) mass is 424 g/mol. The van der Waals surface area contributed by atoms with Gasteiger partial charge in [-0.1, -0.05) is 18.2 Å². The van der Waals surface area contributed by atoms with Crippen molar-refractivity contribution >= 4 is 40.0 Å². The lowest BCUT2D eigenvalue weighted by atomic mass is 10.2. The lowest BCUT2D eigenvalue weighted by Gasteiger charge is -2.19.